The van der Waals surface area contributed by atoms with E-state index in [2.05, 4.69) is 17.2 Å². The maximum atomic E-state index is 10.6. The topological polar surface area (TPSA) is 59.4 Å². The van der Waals surface area contributed by atoms with E-state index in [4.69, 9.17) is 14.1 Å². The molecule has 3 unspecified atom stereocenters. The third-order valence-electron chi connectivity index (χ3n) is 5.98. The molecule has 1 aliphatic heterocycles. The van der Waals surface area contributed by atoms with E-state index in [0.717, 1.165) is 52.9 Å². The minimum absolute atomic E-state index is 0.132. The number of aliphatic hydroxyl groups is 1. The van der Waals surface area contributed by atoms with E-state index < -0.39 is 6.29 Å². The third-order valence-corrected chi connectivity index (χ3v) is 5.98. The third kappa shape index (κ3) is 2.32. The molecule has 3 aromatic rings. The van der Waals surface area contributed by atoms with Crippen molar-refractivity contribution in [3.63, 3.8) is 0 Å². The number of aryl methyl sites for hydroxylation is 2. The Balaban J connectivity index is 1.85. The Labute approximate surface area is 157 Å². The summed E-state index contributed by atoms with van der Waals surface area (Å²) in [5.41, 5.74) is 6.04. The lowest BCUT2D eigenvalue weighted by Gasteiger charge is -2.30. The maximum Gasteiger partial charge on any atom is 0.217 e. The minimum atomic E-state index is -0.962. The molecule has 0 aromatic carbocycles. The van der Waals surface area contributed by atoms with Crippen LogP contribution in [0.25, 0.3) is 22.4 Å². The molecule has 2 aliphatic rings. The fraction of sp³-hybridized carbons (Fsp3) is 0.364. The molecule has 4 heterocycles. The number of hydrogen-bond acceptors (Lipinski definition) is 4. The number of hydrogen-bond donors (Lipinski definition) is 1. The lowest BCUT2D eigenvalue weighted by molar-refractivity contribution is -0.709. The van der Waals surface area contributed by atoms with Gasteiger partial charge in [0.1, 0.15) is 17.2 Å². The van der Waals surface area contributed by atoms with Crippen LogP contribution in [-0.4, -0.2) is 23.5 Å². The van der Waals surface area contributed by atoms with Crippen LogP contribution in [0.4, 0.5) is 0 Å². The number of furan rings is 1. The summed E-state index contributed by atoms with van der Waals surface area (Å²) >= 11 is 0. The zero-order chi connectivity index (χ0) is 18.5. The molecule has 5 nitrogen and oxygen atoms in total. The molecule has 0 saturated carbocycles. The highest BCUT2D eigenvalue weighted by Crippen LogP contribution is 2.45. The van der Waals surface area contributed by atoms with Crippen LogP contribution in [0.5, 0.6) is 0 Å². The predicted molar refractivity (Wildman–Crippen MR) is 101 cm³/mol. The van der Waals surface area contributed by atoms with Gasteiger partial charge < -0.3 is 14.3 Å². The average Bonchev–Trinajstić information content (AvgIpc) is 3.10. The van der Waals surface area contributed by atoms with Crippen LogP contribution in [0, 0.1) is 0 Å². The van der Waals surface area contributed by atoms with Crippen LogP contribution in [0.1, 0.15) is 41.7 Å². The van der Waals surface area contributed by atoms with E-state index in [-0.39, 0.29) is 12.0 Å². The van der Waals surface area contributed by atoms with Crippen LogP contribution in [0.3, 0.4) is 0 Å². The van der Waals surface area contributed by atoms with Gasteiger partial charge in [-0.3, -0.25) is 4.98 Å². The van der Waals surface area contributed by atoms with Crippen molar-refractivity contribution in [2.75, 3.05) is 7.11 Å². The SMILES string of the molecule is C=CC1C(C(O)OC)c2cnc3c4c(oc3c2-c2cccc[n+]21)CCCC4. The van der Waals surface area contributed by atoms with Crippen LogP contribution in [0.2, 0.25) is 0 Å². The second kappa shape index (κ2) is 6.29. The number of pyridine rings is 2. The first kappa shape index (κ1) is 16.7. The zero-order valence-electron chi connectivity index (χ0n) is 15.4. The molecule has 1 aliphatic carbocycles. The van der Waals surface area contributed by atoms with Crippen LogP contribution in [-0.2, 0) is 17.6 Å². The molecule has 138 valence electrons. The second-order valence-electron chi connectivity index (χ2n) is 7.35. The maximum absolute atomic E-state index is 10.6. The molecule has 5 heteroatoms. The van der Waals surface area contributed by atoms with Gasteiger partial charge in [0.2, 0.25) is 5.69 Å². The normalized spacial score (nSPS) is 22.0. The summed E-state index contributed by atoms with van der Waals surface area (Å²) in [6, 6.07) is 5.98. The summed E-state index contributed by atoms with van der Waals surface area (Å²) < 4.78 is 13.8. The van der Waals surface area contributed by atoms with E-state index in [1.54, 1.807) is 0 Å². The number of methoxy groups -OCH3 is 1. The molecule has 0 saturated heterocycles. The van der Waals surface area contributed by atoms with Crippen LogP contribution >= 0.6 is 0 Å². The van der Waals surface area contributed by atoms with Crippen LogP contribution in [0.15, 0.2) is 47.7 Å². The highest BCUT2D eigenvalue weighted by atomic mass is 16.6. The van der Waals surface area contributed by atoms with Crippen molar-refractivity contribution in [3.05, 3.63) is 60.1 Å². The van der Waals surface area contributed by atoms with Gasteiger partial charge >= 0.3 is 0 Å². The molecular weight excluding hydrogens is 340 g/mol. The first-order valence-electron chi connectivity index (χ1n) is 9.51. The van der Waals surface area contributed by atoms with E-state index in [1.807, 2.05) is 30.6 Å². The largest absolute Gasteiger partial charge is 0.458 e. The molecule has 0 spiro atoms. The van der Waals surface area contributed by atoms with Gasteiger partial charge in [0, 0.05) is 43.0 Å². The Kier molecular flexibility index (Phi) is 3.88. The van der Waals surface area contributed by atoms with Crippen molar-refractivity contribution >= 4 is 11.1 Å². The zero-order valence-corrected chi connectivity index (χ0v) is 15.4. The van der Waals surface area contributed by atoms with Gasteiger partial charge in [-0.2, -0.15) is 4.57 Å². The van der Waals surface area contributed by atoms with Crippen molar-refractivity contribution in [2.24, 2.45) is 0 Å². The minimum Gasteiger partial charge on any atom is -0.458 e. The Morgan fingerprint density at radius 1 is 1.37 bits per heavy atom. The standard InChI is InChI=1S/C22H23N2O3/c1-3-15-19(22(25)26-2)14-12-23-20-13-8-4-5-10-17(13)27-21(20)18(14)16-9-6-7-11-24(15)16/h3,6-7,9,11-12,15,19,22,25H,1,4-5,8,10H2,2H3/q+1. The van der Waals surface area contributed by atoms with Gasteiger partial charge in [-0.25, -0.2) is 0 Å². The Bertz CT molecular complexity index is 1040. The van der Waals surface area contributed by atoms with Gasteiger partial charge in [0.15, 0.2) is 24.1 Å². The van der Waals surface area contributed by atoms with E-state index in [9.17, 15) is 5.11 Å². The van der Waals surface area contributed by atoms with Gasteiger partial charge in [-0.1, -0.05) is 6.58 Å². The Morgan fingerprint density at radius 3 is 3.04 bits per heavy atom. The molecule has 0 fully saturated rings. The average molecular weight is 363 g/mol. The Hall–Kier alpha value is -2.50. The molecule has 0 bridgehead atoms. The summed E-state index contributed by atoms with van der Waals surface area (Å²) in [6.45, 7) is 4.01. The van der Waals surface area contributed by atoms with Gasteiger partial charge in [-0.15, -0.1) is 0 Å². The lowest BCUT2D eigenvalue weighted by Crippen LogP contribution is -2.49. The molecule has 0 amide bonds. The number of allylic oxidation sites excluding steroid dienone is 1. The second-order valence-corrected chi connectivity index (χ2v) is 7.35. The number of ether oxygens (including phenoxy) is 1. The van der Waals surface area contributed by atoms with E-state index >= 15 is 0 Å². The van der Waals surface area contributed by atoms with E-state index in [1.165, 1.54) is 19.1 Å². The first-order valence-corrected chi connectivity index (χ1v) is 9.51. The van der Waals surface area contributed by atoms with Crippen molar-refractivity contribution in [1.82, 2.24) is 4.98 Å². The molecule has 27 heavy (non-hydrogen) atoms. The molecule has 0 radical (unpaired) electrons. The summed E-state index contributed by atoms with van der Waals surface area (Å²) in [4.78, 5) is 4.77. The fourth-order valence-electron chi connectivity index (χ4n) is 4.72. The van der Waals surface area contributed by atoms with Gasteiger partial charge in [0.25, 0.3) is 0 Å². The molecule has 1 N–H and O–H groups in total. The summed E-state index contributed by atoms with van der Waals surface area (Å²) in [5.74, 6) is 0.760. The molecule has 3 aromatic heterocycles. The highest BCUT2D eigenvalue weighted by molar-refractivity contribution is 5.93. The molecule has 3 atom stereocenters. The monoisotopic (exact) mass is 363 g/mol. The number of nitrogens with zero attached hydrogens (tertiary/aromatic N) is 2. The fourth-order valence-corrected chi connectivity index (χ4v) is 4.72. The number of aromatic nitrogens is 2. The van der Waals surface area contributed by atoms with Crippen molar-refractivity contribution in [2.45, 2.75) is 43.9 Å². The van der Waals surface area contributed by atoms with Crippen LogP contribution < -0.4 is 4.57 Å². The lowest BCUT2D eigenvalue weighted by atomic mass is 9.83. The number of fused-ring (bicyclic) bond motifs is 7. The van der Waals surface area contributed by atoms with Crippen molar-refractivity contribution in [3.8, 4) is 11.3 Å². The van der Waals surface area contributed by atoms with Crippen molar-refractivity contribution < 1.29 is 18.8 Å². The smallest absolute Gasteiger partial charge is 0.217 e. The summed E-state index contributed by atoms with van der Waals surface area (Å²) in [7, 11) is 1.52. The van der Waals surface area contributed by atoms with E-state index in [0.29, 0.717) is 0 Å². The molecular formula is C22H23N2O3+. The van der Waals surface area contributed by atoms with Gasteiger partial charge in [-0.05, 0) is 31.4 Å². The Morgan fingerprint density at radius 2 is 2.22 bits per heavy atom. The van der Waals surface area contributed by atoms with Gasteiger partial charge in [0.05, 0.1) is 5.56 Å². The summed E-state index contributed by atoms with van der Waals surface area (Å²) in [6.07, 6.45) is 9.13. The number of aliphatic hydroxyl groups excluding tert-OH is 1. The quantitative estimate of drug-likeness (QED) is 0.440. The van der Waals surface area contributed by atoms with Crippen molar-refractivity contribution in [1.29, 1.82) is 0 Å². The molecule has 5 rings (SSSR count). The summed E-state index contributed by atoms with van der Waals surface area (Å²) in [5, 5.41) is 10.6. The first-order chi connectivity index (χ1) is 13.2. The predicted octanol–water partition coefficient (Wildman–Crippen LogP) is 3.45. The highest BCUT2D eigenvalue weighted by Gasteiger charge is 2.44. The number of rotatable bonds is 3.